The Morgan fingerprint density at radius 2 is 2.20 bits per heavy atom. The number of hydrogen-bond acceptors (Lipinski definition) is 2. The van der Waals surface area contributed by atoms with Gasteiger partial charge in [-0.2, -0.15) is 0 Å². The van der Waals surface area contributed by atoms with Gasteiger partial charge in [0, 0.05) is 18.6 Å². The van der Waals surface area contributed by atoms with Crippen molar-refractivity contribution in [3.05, 3.63) is 35.4 Å². The summed E-state index contributed by atoms with van der Waals surface area (Å²) in [4.78, 5) is 11.8. The number of carbonyl (C=O) groups excluding carboxylic acids is 1. The zero-order chi connectivity index (χ0) is 14.5. The zero-order valence-corrected chi connectivity index (χ0v) is 11.5. The summed E-state index contributed by atoms with van der Waals surface area (Å²) in [5.74, 6) is -0.967. The van der Waals surface area contributed by atoms with E-state index in [9.17, 15) is 13.6 Å². The minimum atomic E-state index is -0.490. The van der Waals surface area contributed by atoms with E-state index in [1.165, 1.54) is 6.07 Å². The van der Waals surface area contributed by atoms with Crippen molar-refractivity contribution >= 4 is 5.91 Å². The van der Waals surface area contributed by atoms with E-state index in [1.807, 2.05) is 6.92 Å². The lowest BCUT2D eigenvalue weighted by atomic mass is 10.0. The lowest BCUT2D eigenvalue weighted by molar-refractivity contribution is -0.123. The average Bonchev–Trinajstić information content (AvgIpc) is 3.24. The first-order valence-corrected chi connectivity index (χ1v) is 6.94. The highest BCUT2D eigenvalue weighted by Gasteiger charge is 2.35. The topological polar surface area (TPSA) is 38.3 Å². The number of benzene rings is 1. The molecule has 0 spiro atoms. The maximum atomic E-state index is 13.8. The molecule has 110 valence electrons. The Balaban J connectivity index is 2.04. The van der Waals surface area contributed by atoms with Gasteiger partial charge < -0.3 is 10.1 Å². The predicted molar refractivity (Wildman–Crippen MR) is 71.1 cm³/mol. The zero-order valence-electron chi connectivity index (χ0n) is 11.5. The molecule has 1 saturated carbocycles. The van der Waals surface area contributed by atoms with Crippen LogP contribution in [0.25, 0.3) is 0 Å². The molecule has 2 rings (SSSR count). The van der Waals surface area contributed by atoms with E-state index in [1.54, 1.807) is 0 Å². The first kappa shape index (κ1) is 14.9. The summed E-state index contributed by atoms with van der Waals surface area (Å²) in [5.41, 5.74) is 0.234. The second kappa shape index (κ2) is 6.79. The Labute approximate surface area is 117 Å². The molecule has 0 saturated heterocycles. The second-order valence-corrected chi connectivity index (χ2v) is 5.00. The van der Waals surface area contributed by atoms with E-state index in [4.69, 9.17) is 4.74 Å². The standard InChI is InChI=1S/C15H19F2NO2/c1-2-20-8-7-14(19)18-15(10-3-4-10)12-9-11(16)5-6-13(12)17/h5-6,9-10,15H,2-4,7-8H2,1H3,(H,18,19). The number of rotatable bonds is 7. The van der Waals surface area contributed by atoms with Gasteiger partial charge in [-0.15, -0.1) is 0 Å². The van der Waals surface area contributed by atoms with Crippen LogP contribution in [0.5, 0.6) is 0 Å². The highest BCUT2D eigenvalue weighted by Crippen LogP contribution is 2.41. The van der Waals surface area contributed by atoms with Crippen molar-refractivity contribution < 1.29 is 18.3 Å². The van der Waals surface area contributed by atoms with Gasteiger partial charge in [-0.3, -0.25) is 4.79 Å². The minimum Gasteiger partial charge on any atom is -0.381 e. The van der Waals surface area contributed by atoms with Crippen molar-refractivity contribution in [3.8, 4) is 0 Å². The summed E-state index contributed by atoms with van der Waals surface area (Å²) in [6, 6.07) is 2.91. The van der Waals surface area contributed by atoms with Gasteiger partial charge in [-0.05, 0) is 43.9 Å². The summed E-state index contributed by atoms with van der Waals surface area (Å²) >= 11 is 0. The molecule has 1 amide bonds. The van der Waals surface area contributed by atoms with Crippen LogP contribution in [0, 0.1) is 17.6 Å². The number of amides is 1. The lowest BCUT2D eigenvalue weighted by Crippen LogP contribution is -2.31. The first-order valence-electron chi connectivity index (χ1n) is 6.94. The summed E-state index contributed by atoms with van der Waals surface area (Å²) < 4.78 is 32.2. The molecule has 1 fully saturated rings. The van der Waals surface area contributed by atoms with Crippen molar-refractivity contribution in [2.45, 2.75) is 32.2 Å². The fourth-order valence-corrected chi connectivity index (χ4v) is 2.19. The van der Waals surface area contributed by atoms with Gasteiger partial charge in [-0.1, -0.05) is 0 Å². The van der Waals surface area contributed by atoms with Gasteiger partial charge in [0.1, 0.15) is 11.6 Å². The molecule has 1 aliphatic rings. The maximum Gasteiger partial charge on any atom is 0.222 e. The Morgan fingerprint density at radius 1 is 1.45 bits per heavy atom. The molecule has 20 heavy (non-hydrogen) atoms. The fourth-order valence-electron chi connectivity index (χ4n) is 2.19. The molecule has 0 bridgehead atoms. The number of nitrogens with one attached hydrogen (secondary N) is 1. The van der Waals surface area contributed by atoms with Crippen LogP contribution in [0.2, 0.25) is 0 Å². The molecule has 1 atom stereocenters. The van der Waals surface area contributed by atoms with Crippen LogP contribution in [-0.2, 0) is 9.53 Å². The number of carbonyl (C=O) groups is 1. The number of hydrogen-bond donors (Lipinski definition) is 1. The third-order valence-corrected chi connectivity index (χ3v) is 3.38. The van der Waals surface area contributed by atoms with Gasteiger partial charge in [-0.25, -0.2) is 8.78 Å². The van der Waals surface area contributed by atoms with E-state index >= 15 is 0 Å². The van der Waals surface area contributed by atoms with Crippen LogP contribution in [0.1, 0.15) is 37.8 Å². The van der Waals surface area contributed by atoms with Crippen LogP contribution in [0.15, 0.2) is 18.2 Å². The highest BCUT2D eigenvalue weighted by atomic mass is 19.1. The monoisotopic (exact) mass is 283 g/mol. The van der Waals surface area contributed by atoms with Crippen molar-refractivity contribution in [3.63, 3.8) is 0 Å². The summed E-state index contributed by atoms with van der Waals surface area (Å²) in [6.45, 7) is 2.75. The minimum absolute atomic E-state index is 0.195. The number of ether oxygens (including phenoxy) is 1. The van der Waals surface area contributed by atoms with Crippen molar-refractivity contribution in [2.24, 2.45) is 5.92 Å². The van der Waals surface area contributed by atoms with Crippen LogP contribution in [0.4, 0.5) is 8.78 Å². The summed E-state index contributed by atoms with van der Waals surface area (Å²) in [6.07, 6.45) is 2.08. The largest absolute Gasteiger partial charge is 0.381 e. The molecule has 0 heterocycles. The second-order valence-electron chi connectivity index (χ2n) is 5.00. The molecule has 1 aromatic carbocycles. The van der Waals surface area contributed by atoms with E-state index in [2.05, 4.69) is 5.32 Å². The quantitative estimate of drug-likeness (QED) is 0.781. The summed E-state index contributed by atoms with van der Waals surface area (Å²) in [7, 11) is 0. The van der Waals surface area contributed by atoms with Crippen molar-refractivity contribution in [1.29, 1.82) is 0 Å². The molecule has 1 aromatic rings. The number of halogens is 2. The molecule has 0 radical (unpaired) electrons. The third-order valence-electron chi connectivity index (χ3n) is 3.38. The molecule has 5 heteroatoms. The van der Waals surface area contributed by atoms with E-state index < -0.39 is 17.7 Å². The van der Waals surface area contributed by atoms with Crippen LogP contribution < -0.4 is 5.32 Å². The van der Waals surface area contributed by atoms with Gasteiger partial charge in [0.05, 0.1) is 12.6 Å². The average molecular weight is 283 g/mol. The molecule has 3 nitrogen and oxygen atoms in total. The highest BCUT2D eigenvalue weighted by molar-refractivity contribution is 5.76. The Morgan fingerprint density at radius 3 is 2.85 bits per heavy atom. The Bertz CT molecular complexity index is 475. The SMILES string of the molecule is CCOCCC(=O)NC(c1cc(F)ccc1F)C1CC1. The van der Waals surface area contributed by atoms with Crippen LogP contribution >= 0.6 is 0 Å². The smallest absolute Gasteiger partial charge is 0.222 e. The lowest BCUT2D eigenvalue weighted by Gasteiger charge is -2.19. The summed E-state index contributed by atoms with van der Waals surface area (Å²) in [5, 5.41) is 2.80. The van der Waals surface area contributed by atoms with Crippen LogP contribution in [-0.4, -0.2) is 19.1 Å². The molecular formula is C15H19F2NO2. The van der Waals surface area contributed by atoms with Crippen LogP contribution in [0.3, 0.4) is 0 Å². The van der Waals surface area contributed by atoms with Gasteiger partial charge in [0.25, 0.3) is 0 Å². The molecule has 0 aliphatic heterocycles. The fraction of sp³-hybridized carbons (Fsp3) is 0.533. The normalized spacial score (nSPS) is 15.9. The molecule has 0 aromatic heterocycles. The van der Waals surface area contributed by atoms with Gasteiger partial charge >= 0.3 is 0 Å². The van der Waals surface area contributed by atoms with Crippen molar-refractivity contribution in [1.82, 2.24) is 5.32 Å². The maximum absolute atomic E-state index is 13.8. The van der Waals surface area contributed by atoms with E-state index in [0.29, 0.717) is 13.2 Å². The first-order chi connectivity index (χ1) is 9.61. The Kier molecular flexibility index (Phi) is 5.06. The molecule has 1 aliphatic carbocycles. The molecule has 1 N–H and O–H groups in total. The van der Waals surface area contributed by atoms with Gasteiger partial charge in [0.15, 0.2) is 0 Å². The van der Waals surface area contributed by atoms with E-state index in [-0.39, 0.29) is 23.8 Å². The van der Waals surface area contributed by atoms with E-state index in [0.717, 1.165) is 25.0 Å². The molecule has 1 unspecified atom stereocenters. The van der Waals surface area contributed by atoms with Crippen molar-refractivity contribution in [2.75, 3.05) is 13.2 Å². The molecular weight excluding hydrogens is 264 g/mol. The Hall–Kier alpha value is -1.49. The third kappa shape index (κ3) is 4.00. The van der Waals surface area contributed by atoms with Gasteiger partial charge in [0.2, 0.25) is 5.91 Å². The predicted octanol–water partition coefficient (Wildman–Crippen LogP) is 2.96.